The van der Waals surface area contributed by atoms with Crippen molar-refractivity contribution in [3.8, 4) is 0 Å². The van der Waals surface area contributed by atoms with Crippen molar-refractivity contribution in [3.63, 3.8) is 0 Å². The molecular weight excluding hydrogens is 344 g/mol. The second-order valence-corrected chi connectivity index (χ2v) is 7.04. The maximum absolute atomic E-state index is 11.5. The van der Waals surface area contributed by atoms with E-state index in [1.807, 2.05) is 60.7 Å². The molecule has 5 nitrogen and oxygen atoms in total. The van der Waals surface area contributed by atoms with Gasteiger partial charge in [-0.25, -0.2) is 0 Å². The van der Waals surface area contributed by atoms with Crippen molar-refractivity contribution in [3.05, 3.63) is 71.8 Å². The van der Waals surface area contributed by atoms with Gasteiger partial charge in [0.15, 0.2) is 12.1 Å². The molecule has 0 amide bonds. The average Bonchev–Trinajstić information content (AvgIpc) is 3.00. The summed E-state index contributed by atoms with van der Waals surface area (Å²) in [5, 5.41) is 0. The molecule has 2 aromatic rings. The zero-order chi connectivity index (χ0) is 19.1. The lowest BCUT2D eigenvalue weighted by atomic mass is 10.1. The maximum Gasteiger partial charge on any atom is 0.164 e. The van der Waals surface area contributed by atoms with Crippen LogP contribution in [-0.4, -0.2) is 37.0 Å². The Labute approximate surface area is 160 Å². The number of carbonyl (C=O) groups is 1. The number of ether oxygens (including phenoxy) is 4. The van der Waals surface area contributed by atoms with E-state index >= 15 is 0 Å². The van der Waals surface area contributed by atoms with Crippen LogP contribution in [0.25, 0.3) is 0 Å². The van der Waals surface area contributed by atoms with Crippen LogP contribution in [0.4, 0.5) is 0 Å². The number of carbonyl (C=O) groups excluding carboxylic acids is 1. The number of rotatable bonds is 9. The Morgan fingerprint density at radius 1 is 0.963 bits per heavy atom. The van der Waals surface area contributed by atoms with Crippen LogP contribution in [0, 0.1) is 0 Å². The molecule has 0 radical (unpaired) electrons. The Kier molecular flexibility index (Phi) is 6.74. The fraction of sp³-hybridized carbons (Fsp3) is 0.409. The molecule has 3 atom stereocenters. The van der Waals surface area contributed by atoms with Gasteiger partial charge in [0, 0.05) is 0 Å². The Hall–Kier alpha value is -2.05. The average molecular weight is 370 g/mol. The second kappa shape index (κ2) is 9.24. The van der Waals surface area contributed by atoms with Gasteiger partial charge in [-0.2, -0.15) is 0 Å². The van der Waals surface area contributed by atoms with Gasteiger partial charge in [-0.3, -0.25) is 0 Å². The van der Waals surface area contributed by atoms with Gasteiger partial charge in [0.25, 0.3) is 0 Å². The third kappa shape index (κ3) is 5.71. The monoisotopic (exact) mass is 370 g/mol. The van der Waals surface area contributed by atoms with Crippen LogP contribution < -0.4 is 0 Å². The van der Waals surface area contributed by atoms with Gasteiger partial charge < -0.3 is 23.7 Å². The van der Waals surface area contributed by atoms with E-state index in [-0.39, 0.29) is 0 Å². The molecule has 0 aliphatic carbocycles. The molecule has 0 unspecified atom stereocenters. The van der Waals surface area contributed by atoms with Gasteiger partial charge in [-0.05, 0) is 25.0 Å². The molecule has 0 bridgehead atoms. The first-order valence-electron chi connectivity index (χ1n) is 9.15. The van der Waals surface area contributed by atoms with E-state index in [0.717, 1.165) is 17.4 Å². The number of hydrogen-bond acceptors (Lipinski definition) is 5. The molecule has 0 N–H and O–H groups in total. The lowest BCUT2D eigenvalue weighted by Crippen LogP contribution is -2.41. The Bertz CT molecular complexity index is 701. The molecule has 1 aliphatic rings. The first-order chi connectivity index (χ1) is 13.1. The summed E-state index contributed by atoms with van der Waals surface area (Å²) in [6.07, 6.45) is -0.848. The van der Waals surface area contributed by atoms with Crippen LogP contribution >= 0.6 is 0 Å². The lowest BCUT2D eigenvalue weighted by molar-refractivity contribution is -0.167. The number of aldehydes is 1. The summed E-state index contributed by atoms with van der Waals surface area (Å²) in [5.74, 6) is -0.829. The van der Waals surface area contributed by atoms with Crippen molar-refractivity contribution >= 4 is 6.29 Å². The summed E-state index contributed by atoms with van der Waals surface area (Å²) in [4.78, 5) is 11.5. The molecule has 1 saturated heterocycles. The van der Waals surface area contributed by atoms with Crippen molar-refractivity contribution < 1.29 is 23.7 Å². The highest BCUT2D eigenvalue weighted by Crippen LogP contribution is 2.30. The number of benzene rings is 2. The van der Waals surface area contributed by atoms with Crippen LogP contribution in [0.5, 0.6) is 0 Å². The first-order valence-corrected chi connectivity index (χ1v) is 9.15. The van der Waals surface area contributed by atoms with Crippen molar-refractivity contribution in [1.29, 1.82) is 0 Å². The summed E-state index contributed by atoms with van der Waals surface area (Å²) in [7, 11) is 0. The van der Waals surface area contributed by atoms with Crippen LogP contribution in [0.3, 0.4) is 0 Å². The van der Waals surface area contributed by atoms with Crippen LogP contribution in [0.1, 0.15) is 25.0 Å². The molecule has 0 spiro atoms. The maximum atomic E-state index is 11.5. The van der Waals surface area contributed by atoms with Crippen LogP contribution in [0.2, 0.25) is 0 Å². The fourth-order valence-electron chi connectivity index (χ4n) is 3.09. The fourth-order valence-corrected chi connectivity index (χ4v) is 3.09. The minimum atomic E-state index is -0.829. The third-order valence-corrected chi connectivity index (χ3v) is 4.36. The predicted molar refractivity (Wildman–Crippen MR) is 101 cm³/mol. The third-order valence-electron chi connectivity index (χ3n) is 4.36. The second-order valence-electron chi connectivity index (χ2n) is 7.04. The summed E-state index contributed by atoms with van der Waals surface area (Å²) >= 11 is 0. The van der Waals surface area contributed by atoms with Crippen molar-refractivity contribution in [2.75, 3.05) is 6.61 Å². The van der Waals surface area contributed by atoms with E-state index < -0.39 is 24.1 Å². The molecule has 27 heavy (non-hydrogen) atoms. The van der Waals surface area contributed by atoms with E-state index in [1.54, 1.807) is 13.8 Å². The summed E-state index contributed by atoms with van der Waals surface area (Å²) in [6, 6.07) is 19.8. The van der Waals surface area contributed by atoms with E-state index in [9.17, 15) is 4.79 Å². The van der Waals surface area contributed by atoms with Gasteiger partial charge >= 0.3 is 0 Å². The topological polar surface area (TPSA) is 54.0 Å². The number of hydrogen-bond donors (Lipinski definition) is 0. The minimum absolute atomic E-state index is 0.302. The molecule has 5 heteroatoms. The van der Waals surface area contributed by atoms with E-state index in [4.69, 9.17) is 18.9 Å². The van der Waals surface area contributed by atoms with Gasteiger partial charge in [0.05, 0.1) is 19.8 Å². The van der Waals surface area contributed by atoms with Crippen molar-refractivity contribution in [2.24, 2.45) is 0 Å². The van der Waals surface area contributed by atoms with Crippen molar-refractivity contribution in [2.45, 2.75) is 51.2 Å². The highest BCUT2D eigenvalue weighted by atomic mass is 16.8. The molecule has 0 aromatic heterocycles. The highest BCUT2D eigenvalue weighted by molar-refractivity contribution is 5.58. The van der Waals surface area contributed by atoms with Gasteiger partial charge in [0.2, 0.25) is 0 Å². The SMILES string of the molecule is CC1(C)O[C@H]([C@@H](COCc2ccccc2)OCc2ccccc2)[C@@H](C=O)O1. The van der Waals surface area contributed by atoms with E-state index in [2.05, 4.69) is 0 Å². The van der Waals surface area contributed by atoms with Gasteiger partial charge in [-0.15, -0.1) is 0 Å². The molecule has 2 aromatic carbocycles. The normalized spacial score (nSPS) is 22.4. The minimum Gasteiger partial charge on any atom is -0.374 e. The van der Waals surface area contributed by atoms with Gasteiger partial charge in [-0.1, -0.05) is 60.7 Å². The van der Waals surface area contributed by atoms with Crippen molar-refractivity contribution in [1.82, 2.24) is 0 Å². The first kappa shape index (κ1) is 19.7. The summed E-state index contributed by atoms with van der Waals surface area (Å²) in [6.45, 7) is 4.77. The Morgan fingerprint density at radius 3 is 2.15 bits per heavy atom. The smallest absolute Gasteiger partial charge is 0.164 e. The van der Waals surface area contributed by atoms with E-state index in [1.165, 1.54) is 0 Å². The van der Waals surface area contributed by atoms with Gasteiger partial charge in [0.1, 0.15) is 18.3 Å². The molecule has 3 rings (SSSR count). The Morgan fingerprint density at radius 2 is 1.56 bits per heavy atom. The molecule has 1 fully saturated rings. The molecule has 144 valence electrons. The zero-order valence-electron chi connectivity index (χ0n) is 15.7. The quantitative estimate of drug-likeness (QED) is 0.632. The van der Waals surface area contributed by atoms with Crippen LogP contribution in [-0.2, 0) is 37.0 Å². The Balaban J connectivity index is 1.65. The standard InChI is InChI=1S/C22H26O5/c1-22(2)26-19(13-23)21(27-22)20(25-15-18-11-7-4-8-12-18)16-24-14-17-9-5-3-6-10-17/h3-13,19-21H,14-16H2,1-2H3/t19-,20-,21+/m1/s1. The zero-order valence-corrected chi connectivity index (χ0v) is 15.7. The predicted octanol–water partition coefficient (Wildman–Crippen LogP) is 3.51. The summed E-state index contributed by atoms with van der Waals surface area (Å²) in [5.41, 5.74) is 2.13. The molecular formula is C22H26O5. The molecule has 1 aliphatic heterocycles. The summed E-state index contributed by atoms with van der Waals surface area (Å²) < 4.78 is 23.6. The van der Waals surface area contributed by atoms with E-state index in [0.29, 0.717) is 19.8 Å². The molecule has 0 saturated carbocycles. The lowest BCUT2D eigenvalue weighted by Gasteiger charge is -2.25. The highest BCUT2D eigenvalue weighted by Gasteiger charge is 2.45. The van der Waals surface area contributed by atoms with Crippen LogP contribution in [0.15, 0.2) is 60.7 Å². The molecule has 1 heterocycles. The largest absolute Gasteiger partial charge is 0.374 e.